The summed E-state index contributed by atoms with van der Waals surface area (Å²) in [6, 6.07) is 7.52. The van der Waals surface area contributed by atoms with Crippen LogP contribution in [0.15, 0.2) is 42.9 Å². The van der Waals surface area contributed by atoms with Gasteiger partial charge in [-0.3, -0.25) is 9.78 Å². The molecular weight excluding hydrogens is 337 g/mol. The Bertz CT molecular complexity index is 934. The highest BCUT2D eigenvalue weighted by atomic mass is 19.1. The molecule has 26 heavy (non-hydrogen) atoms. The van der Waals surface area contributed by atoms with Crippen molar-refractivity contribution in [2.45, 2.75) is 18.9 Å². The van der Waals surface area contributed by atoms with Gasteiger partial charge in [-0.25, -0.2) is 19.3 Å². The minimum Gasteiger partial charge on any atom is -0.458 e. The number of hydrogen-bond donors (Lipinski definition) is 0. The molecule has 0 spiro atoms. The highest BCUT2D eigenvalue weighted by molar-refractivity contribution is 5.93. The van der Waals surface area contributed by atoms with E-state index in [4.69, 9.17) is 4.74 Å². The average molecular weight is 353 g/mol. The van der Waals surface area contributed by atoms with Crippen LogP contribution in [-0.4, -0.2) is 49.9 Å². The molecule has 1 amide bonds. The lowest BCUT2D eigenvalue weighted by molar-refractivity contribution is 0.0510. The van der Waals surface area contributed by atoms with E-state index in [9.17, 15) is 9.18 Å². The van der Waals surface area contributed by atoms with E-state index < -0.39 is 5.82 Å². The van der Waals surface area contributed by atoms with E-state index in [2.05, 4.69) is 19.9 Å². The number of rotatable bonds is 3. The number of halogens is 1. The van der Waals surface area contributed by atoms with Crippen molar-refractivity contribution in [1.82, 2.24) is 24.8 Å². The smallest absolute Gasteiger partial charge is 0.316 e. The molecule has 2 aromatic heterocycles. The third-order valence-corrected chi connectivity index (χ3v) is 4.20. The topological polar surface area (TPSA) is 81.1 Å². The lowest BCUT2D eigenvalue weighted by Gasteiger charge is -2.32. The number of ether oxygens (including phenoxy) is 1. The summed E-state index contributed by atoms with van der Waals surface area (Å²) in [5, 5.41) is 0. The zero-order valence-corrected chi connectivity index (χ0v) is 13.9. The molecule has 0 bridgehead atoms. The Morgan fingerprint density at radius 3 is 2.69 bits per heavy atom. The number of hydrogen-bond acceptors (Lipinski definition) is 6. The van der Waals surface area contributed by atoms with Crippen LogP contribution < -0.4 is 4.74 Å². The van der Waals surface area contributed by atoms with Crippen molar-refractivity contribution in [3.63, 3.8) is 0 Å². The standard InChI is InChI=1S/C18H16FN5O2/c19-12-8-21-18(22-9-12)26-13-4-3-7-24(11-13)17(25)16-10-20-14-5-1-2-6-15(14)23-16/h1-2,5-6,8-10,13H,3-4,7,11H2. The average Bonchev–Trinajstić information content (AvgIpc) is 2.69. The molecule has 3 aromatic rings. The van der Waals surface area contributed by atoms with Gasteiger partial charge < -0.3 is 9.64 Å². The van der Waals surface area contributed by atoms with Gasteiger partial charge in [0.15, 0.2) is 5.82 Å². The normalized spacial score (nSPS) is 17.3. The molecule has 1 fully saturated rings. The van der Waals surface area contributed by atoms with Gasteiger partial charge in [0.25, 0.3) is 5.91 Å². The first kappa shape index (κ1) is 16.3. The lowest BCUT2D eigenvalue weighted by atomic mass is 10.1. The van der Waals surface area contributed by atoms with Gasteiger partial charge in [0.2, 0.25) is 0 Å². The molecule has 0 saturated carbocycles. The third kappa shape index (κ3) is 3.44. The van der Waals surface area contributed by atoms with Gasteiger partial charge in [-0.2, -0.15) is 0 Å². The molecule has 1 aliphatic rings. The fraction of sp³-hybridized carbons (Fsp3) is 0.278. The molecule has 7 nitrogen and oxygen atoms in total. The maximum absolute atomic E-state index is 12.9. The lowest BCUT2D eigenvalue weighted by Crippen LogP contribution is -2.44. The molecule has 1 atom stereocenters. The number of carbonyl (C=O) groups is 1. The van der Waals surface area contributed by atoms with E-state index in [0.717, 1.165) is 30.8 Å². The first-order valence-electron chi connectivity index (χ1n) is 8.34. The van der Waals surface area contributed by atoms with Gasteiger partial charge in [0.05, 0.1) is 36.2 Å². The van der Waals surface area contributed by atoms with Crippen LogP contribution in [0, 0.1) is 5.82 Å². The second-order valence-electron chi connectivity index (χ2n) is 6.06. The molecule has 3 heterocycles. The van der Waals surface area contributed by atoms with Crippen molar-refractivity contribution in [3.05, 3.63) is 54.4 Å². The van der Waals surface area contributed by atoms with Gasteiger partial charge in [0, 0.05) is 6.54 Å². The Morgan fingerprint density at radius 2 is 1.88 bits per heavy atom. The summed E-state index contributed by atoms with van der Waals surface area (Å²) in [6.45, 7) is 1.02. The Morgan fingerprint density at radius 1 is 1.12 bits per heavy atom. The predicted octanol–water partition coefficient (Wildman–Crippen LogP) is 2.24. The van der Waals surface area contributed by atoms with Crippen LogP contribution in [-0.2, 0) is 0 Å². The number of benzene rings is 1. The van der Waals surface area contributed by atoms with E-state index in [1.807, 2.05) is 24.3 Å². The van der Waals surface area contributed by atoms with E-state index in [1.54, 1.807) is 4.90 Å². The summed E-state index contributed by atoms with van der Waals surface area (Å²) in [5.74, 6) is -0.704. The van der Waals surface area contributed by atoms with Crippen molar-refractivity contribution < 1.29 is 13.9 Å². The Balaban J connectivity index is 1.47. The molecule has 1 aromatic carbocycles. The zero-order chi connectivity index (χ0) is 17.9. The second kappa shape index (κ2) is 6.99. The van der Waals surface area contributed by atoms with Crippen molar-refractivity contribution >= 4 is 16.9 Å². The predicted molar refractivity (Wildman–Crippen MR) is 91.1 cm³/mol. The van der Waals surface area contributed by atoms with Crippen LogP contribution in [0.1, 0.15) is 23.3 Å². The SMILES string of the molecule is O=C(c1cnc2ccccc2n1)N1CCCC(Oc2ncc(F)cn2)C1. The third-order valence-electron chi connectivity index (χ3n) is 4.20. The fourth-order valence-corrected chi connectivity index (χ4v) is 2.95. The van der Waals surface area contributed by atoms with Crippen LogP contribution in [0.25, 0.3) is 11.0 Å². The van der Waals surface area contributed by atoms with E-state index in [-0.39, 0.29) is 18.0 Å². The van der Waals surface area contributed by atoms with E-state index >= 15 is 0 Å². The maximum Gasteiger partial charge on any atom is 0.316 e. The monoisotopic (exact) mass is 353 g/mol. The molecule has 0 aliphatic carbocycles. The van der Waals surface area contributed by atoms with Crippen LogP contribution in [0.2, 0.25) is 0 Å². The highest BCUT2D eigenvalue weighted by Crippen LogP contribution is 2.18. The quantitative estimate of drug-likeness (QED) is 0.718. The van der Waals surface area contributed by atoms with Gasteiger partial charge >= 0.3 is 6.01 Å². The number of carbonyl (C=O) groups excluding carboxylic acids is 1. The largest absolute Gasteiger partial charge is 0.458 e. The summed E-state index contributed by atoms with van der Waals surface area (Å²) in [4.78, 5) is 30.8. The Labute approximate surface area is 148 Å². The maximum atomic E-state index is 12.9. The van der Waals surface area contributed by atoms with Crippen molar-refractivity contribution in [2.75, 3.05) is 13.1 Å². The number of amides is 1. The molecule has 1 unspecified atom stereocenters. The summed E-state index contributed by atoms with van der Waals surface area (Å²) in [7, 11) is 0. The number of para-hydroxylation sites is 2. The van der Waals surface area contributed by atoms with E-state index in [1.165, 1.54) is 6.20 Å². The fourth-order valence-electron chi connectivity index (χ4n) is 2.95. The van der Waals surface area contributed by atoms with Gasteiger partial charge in [-0.15, -0.1) is 0 Å². The molecule has 1 aliphatic heterocycles. The van der Waals surface area contributed by atoms with Crippen molar-refractivity contribution in [3.8, 4) is 6.01 Å². The molecule has 0 N–H and O–H groups in total. The van der Waals surface area contributed by atoms with Crippen LogP contribution >= 0.6 is 0 Å². The van der Waals surface area contributed by atoms with E-state index in [0.29, 0.717) is 24.3 Å². The first-order chi connectivity index (χ1) is 12.7. The molecule has 132 valence electrons. The van der Waals surface area contributed by atoms with Crippen LogP contribution in [0.5, 0.6) is 6.01 Å². The number of piperidine rings is 1. The Hall–Kier alpha value is -3.16. The van der Waals surface area contributed by atoms with Crippen LogP contribution in [0.3, 0.4) is 0 Å². The molecule has 8 heteroatoms. The summed E-state index contributed by atoms with van der Waals surface area (Å²) < 4.78 is 18.6. The number of nitrogens with zero attached hydrogens (tertiary/aromatic N) is 5. The summed E-state index contributed by atoms with van der Waals surface area (Å²) in [6.07, 6.45) is 4.92. The molecule has 4 rings (SSSR count). The summed E-state index contributed by atoms with van der Waals surface area (Å²) in [5.41, 5.74) is 1.74. The van der Waals surface area contributed by atoms with Crippen LogP contribution in [0.4, 0.5) is 4.39 Å². The first-order valence-corrected chi connectivity index (χ1v) is 8.34. The molecule has 0 radical (unpaired) electrons. The number of aromatic nitrogens is 4. The highest BCUT2D eigenvalue weighted by Gasteiger charge is 2.27. The van der Waals surface area contributed by atoms with Crippen molar-refractivity contribution in [2.24, 2.45) is 0 Å². The van der Waals surface area contributed by atoms with Crippen molar-refractivity contribution in [1.29, 1.82) is 0 Å². The number of likely N-dealkylation sites (tertiary alicyclic amines) is 1. The summed E-state index contributed by atoms with van der Waals surface area (Å²) >= 11 is 0. The zero-order valence-electron chi connectivity index (χ0n) is 13.9. The minimum absolute atomic E-state index is 0.108. The van der Waals surface area contributed by atoms with Gasteiger partial charge in [-0.1, -0.05) is 12.1 Å². The van der Waals surface area contributed by atoms with Gasteiger partial charge in [0.1, 0.15) is 11.8 Å². The Kier molecular flexibility index (Phi) is 4.39. The minimum atomic E-state index is -0.521. The number of fused-ring (bicyclic) bond motifs is 1. The molecule has 1 saturated heterocycles. The molecular formula is C18H16FN5O2. The second-order valence-corrected chi connectivity index (χ2v) is 6.06. The van der Waals surface area contributed by atoms with Gasteiger partial charge in [-0.05, 0) is 25.0 Å².